The molecule has 0 amide bonds. The maximum atomic E-state index is 13.3. The summed E-state index contributed by atoms with van der Waals surface area (Å²) >= 11 is 6.39. The molecule has 5 atom stereocenters. The van der Waals surface area contributed by atoms with Gasteiger partial charge in [-0.05, 0) is 12.1 Å². The molecule has 2 aromatic rings. The summed E-state index contributed by atoms with van der Waals surface area (Å²) in [5.74, 6) is -1.73. The molecule has 2 aromatic carbocycles. The number of hydrogen-bond donors (Lipinski definition) is 3. The molecule has 0 unspecified atom stereocenters. The second-order valence-corrected chi connectivity index (χ2v) is 6.81. The number of halogens is 1. The molecule has 1 fully saturated rings. The number of aliphatic hydroxyl groups excluding tert-OH is 3. The van der Waals surface area contributed by atoms with Crippen LogP contribution in [0.15, 0.2) is 60.7 Å². The second-order valence-electron chi connectivity index (χ2n) is 6.34. The minimum Gasteiger partial charge on any atom is -0.442 e. The lowest BCUT2D eigenvalue weighted by atomic mass is 9.79. The van der Waals surface area contributed by atoms with Gasteiger partial charge in [0.25, 0.3) is 0 Å². The first-order valence-corrected chi connectivity index (χ1v) is 9.00. The fourth-order valence-corrected chi connectivity index (χ4v) is 3.55. The van der Waals surface area contributed by atoms with E-state index in [0.717, 1.165) is 0 Å². The zero-order valence-corrected chi connectivity index (χ0v) is 15.4. The Morgan fingerprint density at radius 1 is 1.00 bits per heavy atom. The van der Waals surface area contributed by atoms with Crippen molar-refractivity contribution < 1.29 is 34.4 Å². The highest BCUT2D eigenvalue weighted by atomic mass is 35.5. The van der Waals surface area contributed by atoms with Crippen LogP contribution in [0.4, 0.5) is 0 Å². The van der Waals surface area contributed by atoms with Gasteiger partial charge in [-0.15, -0.1) is 11.6 Å². The average molecular weight is 407 g/mol. The smallest absolute Gasteiger partial charge is 0.339 e. The lowest BCUT2D eigenvalue weighted by Gasteiger charge is -2.47. The zero-order chi connectivity index (χ0) is 20.3. The number of carbonyl (C=O) groups excluding carboxylic acids is 2. The number of ether oxygens (including phenoxy) is 2. The molecular weight excluding hydrogens is 388 g/mol. The number of Topliss-reactive ketones (excluding diaryl/α,β-unsaturated/α-hetero) is 1. The van der Waals surface area contributed by atoms with Gasteiger partial charge in [-0.3, -0.25) is 4.79 Å². The molecule has 1 saturated heterocycles. The summed E-state index contributed by atoms with van der Waals surface area (Å²) in [6.07, 6.45) is -5.13. The number of rotatable bonds is 5. The fourth-order valence-electron chi connectivity index (χ4n) is 3.13. The monoisotopic (exact) mass is 406 g/mol. The number of esters is 1. The zero-order valence-electron chi connectivity index (χ0n) is 14.6. The number of carbonyl (C=O) groups is 2. The minimum atomic E-state index is -2.37. The van der Waals surface area contributed by atoms with E-state index in [1.165, 1.54) is 24.3 Å². The van der Waals surface area contributed by atoms with Crippen molar-refractivity contribution in [2.24, 2.45) is 0 Å². The Hall–Kier alpha value is -2.29. The highest BCUT2D eigenvalue weighted by Crippen LogP contribution is 2.39. The molecule has 0 spiro atoms. The summed E-state index contributed by atoms with van der Waals surface area (Å²) in [5, 5.41) is 28.9. The summed E-state index contributed by atoms with van der Waals surface area (Å²) in [7, 11) is 0. The number of benzene rings is 2. The van der Waals surface area contributed by atoms with Crippen molar-refractivity contribution in [3.63, 3.8) is 0 Å². The number of aliphatic hydroxyl groups is 3. The molecule has 1 aliphatic heterocycles. The molecule has 3 N–H and O–H groups in total. The molecule has 8 heteroatoms. The molecule has 7 nitrogen and oxygen atoms in total. The van der Waals surface area contributed by atoms with Gasteiger partial charge in [0.1, 0.15) is 11.5 Å². The predicted octanol–water partition coefficient (Wildman–Crippen LogP) is 1.14. The van der Waals surface area contributed by atoms with Crippen molar-refractivity contribution in [3.8, 4) is 0 Å². The van der Waals surface area contributed by atoms with Crippen LogP contribution >= 0.6 is 11.6 Å². The van der Waals surface area contributed by atoms with Crippen LogP contribution in [-0.2, 0) is 9.47 Å². The van der Waals surface area contributed by atoms with Gasteiger partial charge in [-0.1, -0.05) is 48.5 Å². The van der Waals surface area contributed by atoms with Crippen LogP contribution in [-0.4, -0.2) is 63.2 Å². The summed E-state index contributed by atoms with van der Waals surface area (Å²) in [4.78, 5) is 26.1. The Balaban J connectivity index is 2.10. The van der Waals surface area contributed by atoms with E-state index >= 15 is 0 Å². The standard InChI is InChI=1S/C20H19ClO7/c21-15-14(11-22)27-19(26)17(24)20(15,16(23)12-7-3-1-4-8-12)28-18(25)13-9-5-2-6-10-13/h1-10,14-15,17,19,22,24,26H,11H2/t14-,15+,17+,19+,20-/m1/s1. The van der Waals surface area contributed by atoms with Gasteiger partial charge in [0.15, 0.2) is 12.4 Å². The van der Waals surface area contributed by atoms with E-state index in [0.29, 0.717) is 0 Å². The van der Waals surface area contributed by atoms with E-state index < -0.39 is 47.8 Å². The van der Waals surface area contributed by atoms with E-state index in [1.54, 1.807) is 36.4 Å². The normalized spacial score (nSPS) is 29.9. The van der Waals surface area contributed by atoms with Crippen molar-refractivity contribution in [1.82, 2.24) is 0 Å². The molecule has 0 saturated carbocycles. The van der Waals surface area contributed by atoms with Gasteiger partial charge >= 0.3 is 5.97 Å². The summed E-state index contributed by atoms with van der Waals surface area (Å²) in [5.41, 5.74) is -2.14. The van der Waals surface area contributed by atoms with Crippen LogP contribution in [0.3, 0.4) is 0 Å². The first kappa shape index (κ1) is 20.4. The van der Waals surface area contributed by atoms with E-state index in [1.807, 2.05) is 0 Å². The van der Waals surface area contributed by atoms with Gasteiger partial charge in [0.2, 0.25) is 11.4 Å². The second kappa shape index (κ2) is 8.38. The van der Waals surface area contributed by atoms with Crippen LogP contribution in [0, 0.1) is 0 Å². The summed E-state index contributed by atoms with van der Waals surface area (Å²) in [6, 6.07) is 15.6. The molecule has 0 radical (unpaired) electrons. The Morgan fingerprint density at radius 3 is 2.07 bits per heavy atom. The largest absolute Gasteiger partial charge is 0.442 e. The molecule has 0 bridgehead atoms. The molecule has 1 aliphatic rings. The SMILES string of the molecule is O=C(O[C@]1(C(=O)c2ccccc2)[C@@H](O)[C@@H](O)O[C@H](CO)[C@@H]1Cl)c1ccccc1. The molecule has 0 aliphatic carbocycles. The maximum Gasteiger partial charge on any atom is 0.339 e. The third-order valence-electron chi connectivity index (χ3n) is 4.60. The van der Waals surface area contributed by atoms with Gasteiger partial charge in [-0.25, -0.2) is 4.79 Å². The highest BCUT2D eigenvalue weighted by molar-refractivity contribution is 6.25. The van der Waals surface area contributed by atoms with Crippen molar-refractivity contribution in [2.75, 3.05) is 6.61 Å². The number of alkyl halides is 1. The van der Waals surface area contributed by atoms with Gasteiger partial charge in [0.05, 0.1) is 12.2 Å². The van der Waals surface area contributed by atoms with Crippen LogP contribution < -0.4 is 0 Å². The first-order chi connectivity index (χ1) is 13.4. The van der Waals surface area contributed by atoms with E-state index in [9.17, 15) is 24.9 Å². The van der Waals surface area contributed by atoms with Crippen molar-refractivity contribution in [3.05, 3.63) is 71.8 Å². The molecular formula is C20H19ClO7. The summed E-state index contributed by atoms with van der Waals surface area (Å²) < 4.78 is 10.6. The Kier molecular flexibility index (Phi) is 6.12. The van der Waals surface area contributed by atoms with Gasteiger partial charge < -0.3 is 24.8 Å². The van der Waals surface area contributed by atoms with Crippen molar-refractivity contribution >= 4 is 23.4 Å². The van der Waals surface area contributed by atoms with Crippen LogP contribution in [0.25, 0.3) is 0 Å². The van der Waals surface area contributed by atoms with E-state index in [4.69, 9.17) is 21.1 Å². The van der Waals surface area contributed by atoms with Crippen molar-refractivity contribution in [1.29, 1.82) is 0 Å². The Bertz CT molecular complexity index is 829. The molecule has 28 heavy (non-hydrogen) atoms. The minimum absolute atomic E-state index is 0.110. The molecule has 0 aromatic heterocycles. The fraction of sp³-hybridized carbons (Fsp3) is 0.300. The molecule has 148 valence electrons. The average Bonchev–Trinajstić information content (AvgIpc) is 2.74. The topological polar surface area (TPSA) is 113 Å². The third-order valence-corrected chi connectivity index (χ3v) is 5.21. The molecule has 1 heterocycles. The highest BCUT2D eigenvalue weighted by Gasteiger charge is 2.63. The van der Waals surface area contributed by atoms with E-state index in [-0.39, 0.29) is 11.1 Å². The number of hydrogen-bond acceptors (Lipinski definition) is 7. The predicted molar refractivity (Wildman–Crippen MR) is 99.0 cm³/mol. The van der Waals surface area contributed by atoms with Gasteiger partial charge in [0, 0.05) is 5.56 Å². The number of ketones is 1. The lowest BCUT2D eigenvalue weighted by Crippen LogP contribution is -2.70. The van der Waals surface area contributed by atoms with Crippen LogP contribution in [0.1, 0.15) is 20.7 Å². The Labute approximate surface area is 166 Å². The molecule has 3 rings (SSSR count). The quantitative estimate of drug-likeness (QED) is 0.387. The van der Waals surface area contributed by atoms with Crippen LogP contribution in [0.5, 0.6) is 0 Å². The van der Waals surface area contributed by atoms with Crippen LogP contribution in [0.2, 0.25) is 0 Å². The van der Waals surface area contributed by atoms with Crippen molar-refractivity contribution in [2.45, 2.75) is 29.5 Å². The summed E-state index contributed by atoms with van der Waals surface area (Å²) in [6.45, 7) is -0.662. The van der Waals surface area contributed by atoms with E-state index in [2.05, 4.69) is 0 Å². The Morgan fingerprint density at radius 2 is 1.54 bits per heavy atom. The van der Waals surface area contributed by atoms with Gasteiger partial charge in [-0.2, -0.15) is 0 Å². The lowest BCUT2D eigenvalue weighted by molar-refractivity contribution is -0.266. The third kappa shape index (κ3) is 3.55. The first-order valence-electron chi connectivity index (χ1n) is 8.56. The maximum absolute atomic E-state index is 13.3.